The molecule has 0 radical (unpaired) electrons. The van der Waals surface area contributed by atoms with Crippen molar-refractivity contribution in [1.82, 2.24) is 5.32 Å². The fourth-order valence-corrected chi connectivity index (χ4v) is 2.77. The zero-order chi connectivity index (χ0) is 13.9. The van der Waals surface area contributed by atoms with Crippen molar-refractivity contribution in [1.29, 1.82) is 0 Å². The lowest BCUT2D eigenvalue weighted by Gasteiger charge is -2.19. The van der Waals surface area contributed by atoms with Crippen LogP contribution in [0.3, 0.4) is 0 Å². The Kier molecular flexibility index (Phi) is 8.71. The Morgan fingerprint density at radius 2 is 1.95 bits per heavy atom. The highest BCUT2D eigenvalue weighted by atomic mass is 32.2. The topological polar surface area (TPSA) is 30.5 Å². The molecular formula is C15H25NO2S. The fraction of sp³-hybridized carbons (Fsp3) is 0.600. The van der Waals surface area contributed by atoms with Gasteiger partial charge in [-0.3, -0.25) is 0 Å². The third-order valence-corrected chi connectivity index (χ3v) is 3.90. The van der Waals surface area contributed by atoms with Gasteiger partial charge in [0.25, 0.3) is 0 Å². The molecule has 1 unspecified atom stereocenters. The molecule has 3 nitrogen and oxygen atoms in total. The summed E-state index contributed by atoms with van der Waals surface area (Å²) in [4.78, 5) is 0. The minimum Gasteiger partial charge on any atom is -0.497 e. The summed E-state index contributed by atoms with van der Waals surface area (Å²) in [7, 11) is 3.44. The van der Waals surface area contributed by atoms with Crippen LogP contribution in [0.2, 0.25) is 0 Å². The van der Waals surface area contributed by atoms with Crippen LogP contribution in [0, 0.1) is 0 Å². The first kappa shape index (κ1) is 16.3. The van der Waals surface area contributed by atoms with Crippen LogP contribution < -0.4 is 10.1 Å². The van der Waals surface area contributed by atoms with Gasteiger partial charge in [0.05, 0.1) is 13.7 Å². The average molecular weight is 283 g/mol. The van der Waals surface area contributed by atoms with E-state index in [0.29, 0.717) is 6.04 Å². The molecule has 0 bridgehead atoms. The lowest BCUT2D eigenvalue weighted by Crippen LogP contribution is -2.24. The molecule has 0 aliphatic heterocycles. The summed E-state index contributed by atoms with van der Waals surface area (Å²) < 4.78 is 10.3. The molecule has 1 aromatic carbocycles. The Morgan fingerprint density at radius 1 is 1.21 bits per heavy atom. The standard InChI is InChI=1S/C15H25NO2S/c1-4-9-16-15(12-19-11-10-17-2)13-5-7-14(18-3)8-6-13/h5-8,15-16H,4,9-12H2,1-3H3. The second-order valence-electron chi connectivity index (χ2n) is 4.35. The van der Waals surface area contributed by atoms with Crippen molar-refractivity contribution >= 4 is 11.8 Å². The SMILES string of the molecule is CCCNC(CSCCOC)c1ccc(OC)cc1. The molecule has 0 saturated carbocycles. The minimum atomic E-state index is 0.396. The van der Waals surface area contributed by atoms with Crippen LogP contribution in [-0.4, -0.2) is 38.9 Å². The highest BCUT2D eigenvalue weighted by Gasteiger charge is 2.10. The van der Waals surface area contributed by atoms with Gasteiger partial charge in [-0.1, -0.05) is 19.1 Å². The van der Waals surface area contributed by atoms with Gasteiger partial charge in [0.2, 0.25) is 0 Å². The van der Waals surface area contributed by atoms with Gasteiger partial charge in [0.1, 0.15) is 5.75 Å². The Bertz CT molecular complexity index is 329. The molecule has 4 heteroatoms. The second-order valence-corrected chi connectivity index (χ2v) is 5.50. The number of thioether (sulfide) groups is 1. The Hall–Kier alpha value is -0.710. The van der Waals surface area contributed by atoms with E-state index >= 15 is 0 Å². The molecule has 0 aliphatic rings. The largest absolute Gasteiger partial charge is 0.497 e. The Morgan fingerprint density at radius 3 is 2.53 bits per heavy atom. The smallest absolute Gasteiger partial charge is 0.118 e. The van der Waals surface area contributed by atoms with Gasteiger partial charge in [-0.25, -0.2) is 0 Å². The molecule has 108 valence electrons. The number of nitrogens with one attached hydrogen (secondary N) is 1. The van der Waals surface area contributed by atoms with Gasteiger partial charge in [0, 0.05) is 24.7 Å². The molecular weight excluding hydrogens is 258 g/mol. The van der Waals surface area contributed by atoms with Gasteiger partial charge in [-0.2, -0.15) is 11.8 Å². The summed E-state index contributed by atoms with van der Waals surface area (Å²) in [5.74, 6) is 3.01. The van der Waals surface area contributed by atoms with Crippen LogP contribution in [0.4, 0.5) is 0 Å². The van der Waals surface area contributed by atoms with Crippen LogP contribution in [0.25, 0.3) is 0 Å². The average Bonchev–Trinajstić information content (AvgIpc) is 2.47. The van der Waals surface area contributed by atoms with Crippen molar-refractivity contribution in [2.24, 2.45) is 0 Å². The maximum Gasteiger partial charge on any atom is 0.118 e. The monoisotopic (exact) mass is 283 g/mol. The van der Waals surface area contributed by atoms with Crippen molar-refractivity contribution in [3.8, 4) is 5.75 Å². The number of benzene rings is 1. The second kappa shape index (κ2) is 10.1. The molecule has 0 spiro atoms. The Balaban J connectivity index is 2.55. The van der Waals surface area contributed by atoms with Gasteiger partial charge >= 0.3 is 0 Å². The van der Waals surface area contributed by atoms with E-state index in [-0.39, 0.29) is 0 Å². The molecule has 0 amide bonds. The van der Waals surface area contributed by atoms with E-state index in [1.807, 2.05) is 23.9 Å². The maximum absolute atomic E-state index is 5.20. The van der Waals surface area contributed by atoms with E-state index in [0.717, 1.165) is 36.8 Å². The molecule has 0 aromatic heterocycles. The molecule has 1 rings (SSSR count). The van der Waals surface area contributed by atoms with E-state index in [9.17, 15) is 0 Å². The normalized spacial score (nSPS) is 12.4. The van der Waals surface area contributed by atoms with Crippen molar-refractivity contribution < 1.29 is 9.47 Å². The van der Waals surface area contributed by atoms with E-state index in [2.05, 4.69) is 24.4 Å². The highest BCUT2D eigenvalue weighted by Crippen LogP contribution is 2.21. The molecule has 1 atom stereocenters. The maximum atomic E-state index is 5.20. The summed E-state index contributed by atoms with van der Waals surface area (Å²) in [6.07, 6.45) is 1.15. The van der Waals surface area contributed by atoms with Crippen molar-refractivity contribution in [3.05, 3.63) is 29.8 Å². The van der Waals surface area contributed by atoms with E-state index in [1.165, 1.54) is 5.56 Å². The summed E-state index contributed by atoms with van der Waals surface area (Å²) in [5, 5.41) is 3.60. The number of hydrogen-bond acceptors (Lipinski definition) is 4. The number of hydrogen-bond donors (Lipinski definition) is 1. The van der Waals surface area contributed by atoms with Gasteiger partial charge in [-0.15, -0.1) is 0 Å². The van der Waals surface area contributed by atoms with Crippen LogP contribution >= 0.6 is 11.8 Å². The molecule has 1 aromatic rings. The highest BCUT2D eigenvalue weighted by molar-refractivity contribution is 7.99. The molecule has 19 heavy (non-hydrogen) atoms. The summed E-state index contributed by atoms with van der Waals surface area (Å²) in [6, 6.07) is 8.73. The molecule has 0 saturated heterocycles. The summed E-state index contributed by atoms with van der Waals surface area (Å²) in [6.45, 7) is 4.05. The summed E-state index contributed by atoms with van der Waals surface area (Å²) in [5.41, 5.74) is 1.32. The van der Waals surface area contributed by atoms with Gasteiger partial charge < -0.3 is 14.8 Å². The Labute approximate surface area is 121 Å². The van der Waals surface area contributed by atoms with E-state index in [4.69, 9.17) is 9.47 Å². The quantitative estimate of drug-likeness (QED) is 0.668. The van der Waals surface area contributed by atoms with Crippen LogP contribution in [0.5, 0.6) is 5.75 Å². The molecule has 0 heterocycles. The molecule has 1 N–H and O–H groups in total. The predicted molar refractivity (Wildman–Crippen MR) is 83.2 cm³/mol. The zero-order valence-corrected chi connectivity index (χ0v) is 13.0. The van der Waals surface area contributed by atoms with Crippen LogP contribution in [0.15, 0.2) is 24.3 Å². The number of ether oxygens (including phenoxy) is 2. The lowest BCUT2D eigenvalue weighted by molar-refractivity contribution is 0.218. The van der Waals surface area contributed by atoms with Crippen LogP contribution in [-0.2, 0) is 4.74 Å². The fourth-order valence-electron chi connectivity index (χ4n) is 1.77. The molecule has 0 aliphatic carbocycles. The van der Waals surface area contributed by atoms with Crippen molar-refractivity contribution in [2.45, 2.75) is 19.4 Å². The summed E-state index contributed by atoms with van der Waals surface area (Å²) >= 11 is 1.92. The first-order valence-corrected chi connectivity index (χ1v) is 7.91. The third-order valence-electron chi connectivity index (χ3n) is 2.88. The van der Waals surface area contributed by atoms with E-state index < -0.39 is 0 Å². The predicted octanol–water partition coefficient (Wildman–Crippen LogP) is 3.12. The van der Waals surface area contributed by atoms with E-state index in [1.54, 1.807) is 14.2 Å². The minimum absolute atomic E-state index is 0.396. The van der Waals surface area contributed by atoms with Crippen molar-refractivity contribution in [3.63, 3.8) is 0 Å². The number of rotatable bonds is 10. The lowest BCUT2D eigenvalue weighted by atomic mass is 10.1. The van der Waals surface area contributed by atoms with Gasteiger partial charge in [-0.05, 0) is 30.7 Å². The molecule has 0 fully saturated rings. The zero-order valence-electron chi connectivity index (χ0n) is 12.1. The van der Waals surface area contributed by atoms with Crippen LogP contribution in [0.1, 0.15) is 24.9 Å². The first-order chi connectivity index (χ1) is 9.31. The van der Waals surface area contributed by atoms with Gasteiger partial charge in [0.15, 0.2) is 0 Å². The third kappa shape index (κ3) is 6.32. The number of methoxy groups -OCH3 is 2. The first-order valence-electron chi connectivity index (χ1n) is 6.75. The van der Waals surface area contributed by atoms with Crippen molar-refractivity contribution in [2.75, 3.05) is 38.9 Å².